The predicted octanol–water partition coefficient (Wildman–Crippen LogP) is 0.744. The molecule has 1 atom stereocenters. The van der Waals surface area contributed by atoms with Crippen molar-refractivity contribution in [3.8, 4) is 0 Å². The van der Waals surface area contributed by atoms with E-state index >= 15 is 0 Å². The molecule has 7 nitrogen and oxygen atoms in total. The van der Waals surface area contributed by atoms with E-state index in [0.717, 1.165) is 19.1 Å². The van der Waals surface area contributed by atoms with Crippen LogP contribution in [0.25, 0.3) is 0 Å². The number of hydrogen-bond acceptors (Lipinski definition) is 5. The molecule has 1 aliphatic rings. The lowest BCUT2D eigenvalue weighted by atomic mass is 10.00. The minimum absolute atomic E-state index is 0.000881. The third-order valence-corrected chi connectivity index (χ3v) is 2.94. The van der Waals surface area contributed by atoms with Crippen molar-refractivity contribution in [3.63, 3.8) is 0 Å². The Morgan fingerprint density at radius 3 is 3.06 bits per heavy atom. The van der Waals surface area contributed by atoms with Gasteiger partial charge < -0.3 is 9.69 Å². The monoisotopic (exact) mass is 238 g/mol. The average Bonchev–Trinajstić information content (AvgIpc) is 2.72. The molecule has 92 valence electrons. The summed E-state index contributed by atoms with van der Waals surface area (Å²) in [5.41, 5.74) is -0.000881. The Labute approximate surface area is 98.2 Å². The molecule has 1 fully saturated rings. The fraction of sp³-hybridized carbons (Fsp3) is 0.600. The summed E-state index contributed by atoms with van der Waals surface area (Å²) in [5, 5.41) is 15.0. The molecule has 0 bridgehead atoms. The van der Waals surface area contributed by atoms with Crippen molar-refractivity contribution in [3.05, 3.63) is 16.3 Å². The molecule has 2 rings (SSSR count). The first-order valence-electron chi connectivity index (χ1n) is 5.50. The largest absolute Gasteiger partial charge is 0.349 e. The maximum atomic E-state index is 10.9. The Hall–Kier alpha value is -1.92. The summed E-state index contributed by atoms with van der Waals surface area (Å²) >= 11 is 0. The quantitative estimate of drug-likeness (QED) is 0.441. The average molecular weight is 238 g/mol. The Morgan fingerprint density at radius 2 is 2.41 bits per heavy atom. The van der Waals surface area contributed by atoms with Crippen LogP contribution in [0.1, 0.15) is 12.8 Å². The van der Waals surface area contributed by atoms with Crippen molar-refractivity contribution in [2.75, 3.05) is 18.0 Å². The summed E-state index contributed by atoms with van der Waals surface area (Å²) in [6, 6.07) is 0. The van der Waals surface area contributed by atoms with Crippen molar-refractivity contribution in [2.24, 2.45) is 13.0 Å². The van der Waals surface area contributed by atoms with Crippen molar-refractivity contribution in [1.82, 2.24) is 9.78 Å². The SMILES string of the molecule is Cn1cc([N+](=O)[O-])c(N2CCCC(C=O)C2)n1. The number of nitrogens with zero attached hydrogens (tertiary/aromatic N) is 4. The van der Waals surface area contributed by atoms with Gasteiger partial charge in [-0.3, -0.25) is 14.8 Å². The number of carbonyl (C=O) groups is 1. The second kappa shape index (κ2) is 4.52. The molecule has 1 unspecified atom stereocenters. The van der Waals surface area contributed by atoms with Crippen molar-refractivity contribution in [2.45, 2.75) is 12.8 Å². The molecule has 1 aliphatic heterocycles. The van der Waals surface area contributed by atoms with Crippen LogP contribution in [0.4, 0.5) is 11.5 Å². The number of nitro groups is 1. The van der Waals surface area contributed by atoms with Crippen LogP contribution >= 0.6 is 0 Å². The first-order chi connectivity index (χ1) is 8.11. The van der Waals surface area contributed by atoms with Gasteiger partial charge in [-0.1, -0.05) is 0 Å². The number of aromatic nitrogens is 2. The maximum Gasteiger partial charge on any atom is 0.330 e. The van der Waals surface area contributed by atoms with E-state index in [9.17, 15) is 14.9 Å². The highest BCUT2D eigenvalue weighted by atomic mass is 16.6. The second-order valence-electron chi connectivity index (χ2n) is 4.25. The van der Waals surface area contributed by atoms with E-state index in [4.69, 9.17) is 0 Å². The van der Waals surface area contributed by atoms with Gasteiger partial charge in [0.15, 0.2) is 0 Å². The molecule has 2 heterocycles. The molecule has 1 aromatic heterocycles. The highest BCUT2D eigenvalue weighted by molar-refractivity contribution is 5.60. The Balaban J connectivity index is 2.26. The summed E-state index contributed by atoms with van der Waals surface area (Å²) in [7, 11) is 1.65. The topological polar surface area (TPSA) is 81.3 Å². The number of hydrogen-bond donors (Lipinski definition) is 0. The molecular weight excluding hydrogens is 224 g/mol. The van der Waals surface area contributed by atoms with Gasteiger partial charge in [0, 0.05) is 26.1 Å². The van der Waals surface area contributed by atoms with Crippen LogP contribution in [0.3, 0.4) is 0 Å². The van der Waals surface area contributed by atoms with Gasteiger partial charge in [0.25, 0.3) is 0 Å². The minimum atomic E-state index is -0.438. The molecule has 7 heteroatoms. The summed E-state index contributed by atoms with van der Waals surface area (Å²) in [5.74, 6) is 0.314. The zero-order valence-electron chi connectivity index (χ0n) is 9.57. The first kappa shape index (κ1) is 11.6. The lowest BCUT2D eigenvalue weighted by molar-refractivity contribution is -0.384. The fourth-order valence-corrected chi connectivity index (χ4v) is 2.13. The second-order valence-corrected chi connectivity index (χ2v) is 4.25. The number of piperidine rings is 1. The molecule has 0 amide bonds. The van der Waals surface area contributed by atoms with E-state index in [1.807, 2.05) is 4.90 Å². The first-order valence-corrected chi connectivity index (χ1v) is 5.50. The van der Waals surface area contributed by atoms with Gasteiger partial charge in [-0.05, 0) is 12.8 Å². The van der Waals surface area contributed by atoms with Crippen molar-refractivity contribution < 1.29 is 9.72 Å². The molecular formula is C10H14N4O3. The third kappa shape index (κ3) is 2.27. The van der Waals surface area contributed by atoms with Gasteiger partial charge in [-0.2, -0.15) is 0 Å². The van der Waals surface area contributed by atoms with Crippen LogP contribution in [0.15, 0.2) is 6.20 Å². The smallest absolute Gasteiger partial charge is 0.330 e. The van der Waals surface area contributed by atoms with E-state index in [-0.39, 0.29) is 11.6 Å². The summed E-state index contributed by atoms with van der Waals surface area (Å²) in [6.45, 7) is 1.23. The summed E-state index contributed by atoms with van der Waals surface area (Å²) < 4.78 is 1.43. The maximum absolute atomic E-state index is 10.9. The normalized spacial score (nSPS) is 20.3. The molecule has 0 N–H and O–H groups in total. The molecule has 0 saturated carbocycles. The molecule has 0 aromatic carbocycles. The molecule has 0 aliphatic carbocycles. The van der Waals surface area contributed by atoms with Gasteiger partial charge in [0.2, 0.25) is 5.82 Å². The van der Waals surface area contributed by atoms with E-state index in [1.165, 1.54) is 10.9 Å². The number of carbonyl (C=O) groups excluding carboxylic acids is 1. The van der Waals surface area contributed by atoms with Crippen LogP contribution in [0.5, 0.6) is 0 Å². The predicted molar refractivity (Wildman–Crippen MR) is 60.9 cm³/mol. The zero-order valence-corrected chi connectivity index (χ0v) is 9.57. The standard InChI is InChI=1S/C10H14N4O3/c1-12-6-9(14(16)17)10(11-12)13-4-2-3-8(5-13)7-15/h6-8H,2-5H2,1H3. The molecule has 0 spiro atoms. The van der Waals surface area contributed by atoms with Crippen molar-refractivity contribution >= 4 is 17.8 Å². The number of anilines is 1. The van der Waals surface area contributed by atoms with Crippen molar-refractivity contribution in [1.29, 1.82) is 0 Å². The highest BCUT2D eigenvalue weighted by Gasteiger charge is 2.28. The van der Waals surface area contributed by atoms with Gasteiger partial charge in [-0.25, -0.2) is 0 Å². The van der Waals surface area contributed by atoms with Crippen LogP contribution in [-0.2, 0) is 11.8 Å². The van der Waals surface area contributed by atoms with Crippen LogP contribution in [0, 0.1) is 16.0 Å². The third-order valence-electron chi connectivity index (χ3n) is 2.94. The molecule has 1 saturated heterocycles. The fourth-order valence-electron chi connectivity index (χ4n) is 2.13. The van der Waals surface area contributed by atoms with Gasteiger partial charge in [0.1, 0.15) is 12.5 Å². The lowest BCUT2D eigenvalue weighted by Gasteiger charge is -2.29. The van der Waals surface area contributed by atoms with Gasteiger partial charge in [-0.15, -0.1) is 5.10 Å². The number of aryl methyl sites for hydroxylation is 1. The van der Waals surface area contributed by atoms with E-state index < -0.39 is 4.92 Å². The van der Waals surface area contributed by atoms with Gasteiger partial charge in [0.05, 0.1) is 4.92 Å². The van der Waals surface area contributed by atoms with E-state index in [1.54, 1.807) is 7.05 Å². The van der Waals surface area contributed by atoms with Crippen LogP contribution < -0.4 is 4.90 Å². The molecule has 0 radical (unpaired) electrons. The highest BCUT2D eigenvalue weighted by Crippen LogP contribution is 2.29. The minimum Gasteiger partial charge on any atom is -0.349 e. The molecule has 17 heavy (non-hydrogen) atoms. The zero-order chi connectivity index (χ0) is 12.4. The van der Waals surface area contributed by atoms with Crippen LogP contribution in [-0.4, -0.2) is 34.1 Å². The number of aldehydes is 1. The summed E-state index contributed by atoms with van der Waals surface area (Å²) in [4.78, 5) is 23.0. The Kier molecular flexibility index (Phi) is 3.08. The number of rotatable bonds is 3. The van der Waals surface area contributed by atoms with E-state index in [0.29, 0.717) is 18.9 Å². The summed E-state index contributed by atoms with van der Waals surface area (Å²) in [6.07, 6.45) is 4.01. The Bertz CT molecular complexity index is 443. The Morgan fingerprint density at radius 1 is 1.65 bits per heavy atom. The van der Waals surface area contributed by atoms with Crippen LogP contribution in [0.2, 0.25) is 0 Å². The molecule has 1 aromatic rings. The lowest BCUT2D eigenvalue weighted by Crippen LogP contribution is -2.36. The van der Waals surface area contributed by atoms with Gasteiger partial charge >= 0.3 is 5.69 Å². The van der Waals surface area contributed by atoms with E-state index in [2.05, 4.69) is 5.10 Å².